The molecule has 0 saturated carbocycles. The summed E-state index contributed by atoms with van der Waals surface area (Å²) in [6.45, 7) is 10.5. The van der Waals surface area contributed by atoms with Crippen molar-refractivity contribution in [2.75, 3.05) is 18.1 Å². The normalized spacial score (nSPS) is 25.9. The fourth-order valence-corrected chi connectivity index (χ4v) is 4.69. The lowest BCUT2D eigenvalue weighted by Gasteiger charge is -2.50. The lowest BCUT2D eigenvalue weighted by atomic mass is 9.79. The van der Waals surface area contributed by atoms with Crippen LogP contribution in [0.4, 0.5) is 5.95 Å². The minimum Gasteiger partial charge on any atom is -0.376 e. The molecule has 0 aromatic carbocycles. The number of nitrogens with one attached hydrogen (secondary N) is 1. The molecule has 0 radical (unpaired) electrons. The van der Waals surface area contributed by atoms with Gasteiger partial charge >= 0.3 is 0 Å². The zero-order valence-electron chi connectivity index (χ0n) is 15.4. The van der Waals surface area contributed by atoms with Crippen LogP contribution in [-0.2, 0) is 4.74 Å². The zero-order valence-corrected chi connectivity index (χ0v) is 16.9. The predicted octanol–water partition coefficient (Wildman–Crippen LogP) is 3.47. The second-order valence-corrected chi connectivity index (χ2v) is 9.09. The van der Waals surface area contributed by atoms with Gasteiger partial charge in [-0.25, -0.2) is 0 Å². The number of halogens is 2. The molecule has 2 aliphatic rings. The summed E-state index contributed by atoms with van der Waals surface area (Å²) >= 11 is 12.1. The number of hydrogen-bond acceptors (Lipinski definition) is 6. The molecule has 0 spiro atoms. The van der Waals surface area contributed by atoms with Gasteiger partial charge in [-0.3, -0.25) is 0 Å². The maximum atomic E-state index is 6.04. The first-order valence-electron chi connectivity index (χ1n) is 8.88. The first kappa shape index (κ1) is 19.1. The molecule has 140 valence electrons. The van der Waals surface area contributed by atoms with Gasteiger partial charge in [-0.2, -0.15) is 15.0 Å². The Morgan fingerprint density at radius 3 is 2.20 bits per heavy atom. The highest BCUT2D eigenvalue weighted by Gasteiger charge is 2.41. The molecule has 3 heterocycles. The van der Waals surface area contributed by atoms with Gasteiger partial charge in [0.25, 0.3) is 0 Å². The maximum absolute atomic E-state index is 6.04. The third-order valence-corrected chi connectivity index (χ3v) is 5.20. The van der Waals surface area contributed by atoms with E-state index in [2.05, 4.69) is 52.9 Å². The van der Waals surface area contributed by atoms with Crippen molar-refractivity contribution in [1.29, 1.82) is 0 Å². The van der Waals surface area contributed by atoms with E-state index in [1.54, 1.807) is 0 Å². The highest BCUT2D eigenvalue weighted by Crippen LogP contribution is 2.34. The Kier molecular flexibility index (Phi) is 5.45. The molecule has 25 heavy (non-hydrogen) atoms. The average Bonchev–Trinajstić information content (AvgIpc) is 2.93. The molecule has 3 rings (SSSR count). The maximum Gasteiger partial charge on any atom is 0.231 e. The van der Waals surface area contributed by atoms with E-state index in [-0.39, 0.29) is 33.8 Å². The number of piperidine rings is 1. The van der Waals surface area contributed by atoms with Gasteiger partial charge in [0.2, 0.25) is 16.5 Å². The number of anilines is 1. The lowest BCUT2D eigenvalue weighted by molar-refractivity contribution is 0.104. The van der Waals surface area contributed by atoms with Gasteiger partial charge in [-0.1, -0.05) is 0 Å². The Morgan fingerprint density at radius 1 is 1.08 bits per heavy atom. The van der Waals surface area contributed by atoms with E-state index in [1.807, 2.05) is 0 Å². The van der Waals surface area contributed by atoms with Gasteiger partial charge < -0.3 is 15.0 Å². The summed E-state index contributed by atoms with van der Waals surface area (Å²) in [7, 11) is 0. The molecule has 1 N–H and O–H groups in total. The lowest BCUT2D eigenvalue weighted by Crippen LogP contribution is -2.63. The number of aromatic nitrogens is 3. The number of nitrogens with zero attached hydrogens (tertiary/aromatic N) is 4. The monoisotopic (exact) mass is 387 g/mol. The molecule has 6 nitrogen and oxygen atoms in total. The smallest absolute Gasteiger partial charge is 0.231 e. The zero-order chi connectivity index (χ0) is 18.2. The Labute approximate surface area is 159 Å². The van der Waals surface area contributed by atoms with Crippen LogP contribution in [-0.4, -0.2) is 51.3 Å². The van der Waals surface area contributed by atoms with Crippen LogP contribution in [0.3, 0.4) is 0 Å². The Hall–Kier alpha value is -0.690. The van der Waals surface area contributed by atoms with Gasteiger partial charge in [0.1, 0.15) is 0 Å². The second-order valence-electron chi connectivity index (χ2n) is 8.42. The highest BCUT2D eigenvalue weighted by atomic mass is 35.5. The molecular weight excluding hydrogens is 361 g/mol. The number of ether oxygens (including phenoxy) is 1. The molecule has 1 atom stereocenters. The number of rotatable bonds is 4. The summed E-state index contributed by atoms with van der Waals surface area (Å²) in [5.74, 6) is 0.541. The quantitative estimate of drug-likeness (QED) is 0.852. The van der Waals surface area contributed by atoms with Crippen LogP contribution < -0.4 is 10.2 Å². The minimum absolute atomic E-state index is 0.0157. The third kappa shape index (κ3) is 4.94. The van der Waals surface area contributed by atoms with Crippen LogP contribution in [0.1, 0.15) is 53.4 Å². The number of hydrogen-bond donors (Lipinski definition) is 1. The largest absolute Gasteiger partial charge is 0.376 e. The summed E-state index contributed by atoms with van der Waals surface area (Å²) in [5.41, 5.74) is 0.0314. The van der Waals surface area contributed by atoms with Crippen molar-refractivity contribution in [2.45, 2.75) is 76.6 Å². The van der Waals surface area contributed by atoms with E-state index in [1.165, 1.54) is 0 Å². The van der Waals surface area contributed by atoms with Crippen LogP contribution in [0.25, 0.3) is 0 Å². The summed E-state index contributed by atoms with van der Waals surface area (Å²) in [5, 5.41) is 3.97. The first-order chi connectivity index (χ1) is 11.6. The first-order valence-corrected chi connectivity index (χ1v) is 9.64. The molecule has 1 aromatic rings. The Balaban J connectivity index is 1.92. The molecule has 0 amide bonds. The van der Waals surface area contributed by atoms with Gasteiger partial charge in [0.15, 0.2) is 0 Å². The van der Waals surface area contributed by atoms with Crippen LogP contribution in [0.15, 0.2) is 0 Å². The topological polar surface area (TPSA) is 63.2 Å². The van der Waals surface area contributed by atoms with Gasteiger partial charge in [-0.15, -0.1) is 0 Å². The van der Waals surface area contributed by atoms with E-state index in [4.69, 9.17) is 27.9 Å². The van der Waals surface area contributed by atoms with Crippen molar-refractivity contribution in [1.82, 2.24) is 20.3 Å². The fraction of sp³-hybridized carbons (Fsp3) is 0.824. The van der Waals surface area contributed by atoms with Crippen LogP contribution >= 0.6 is 23.2 Å². The highest BCUT2D eigenvalue weighted by molar-refractivity contribution is 6.31. The van der Waals surface area contributed by atoms with Crippen molar-refractivity contribution in [3.05, 3.63) is 10.6 Å². The molecule has 2 fully saturated rings. The minimum atomic E-state index is 0.0157. The van der Waals surface area contributed by atoms with Crippen LogP contribution in [0.5, 0.6) is 0 Å². The van der Waals surface area contributed by atoms with Crippen molar-refractivity contribution in [3.63, 3.8) is 0 Å². The van der Waals surface area contributed by atoms with E-state index in [0.29, 0.717) is 5.95 Å². The van der Waals surface area contributed by atoms with Crippen molar-refractivity contribution >= 4 is 29.2 Å². The van der Waals surface area contributed by atoms with E-state index in [0.717, 1.165) is 38.8 Å². The summed E-state index contributed by atoms with van der Waals surface area (Å²) in [6.07, 6.45) is 4.30. The second kappa shape index (κ2) is 7.14. The molecule has 2 saturated heterocycles. The summed E-state index contributed by atoms with van der Waals surface area (Å²) < 4.78 is 5.87. The third-order valence-electron chi connectivity index (χ3n) is 4.86. The Morgan fingerprint density at radius 2 is 1.68 bits per heavy atom. The van der Waals surface area contributed by atoms with Crippen molar-refractivity contribution < 1.29 is 4.74 Å². The molecule has 0 aliphatic carbocycles. The van der Waals surface area contributed by atoms with Gasteiger partial charge in [0.05, 0.1) is 6.10 Å². The van der Waals surface area contributed by atoms with Gasteiger partial charge in [0, 0.05) is 30.3 Å². The Bertz CT molecular complexity index is 583. The van der Waals surface area contributed by atoms with E-state index < -0.39 is 0 Å². The van der Waals surface area contributed by atoms with Crippen molar-refractivity contribution in [3.8, 4) is 0 Å². The van der Waals surface area contributed by atoms with Crippen LogP contribution in [0.2, 0.25) is 10.6 Å². The predicted molar refractivity (Wildman–Crippen MR) is 100 cm³/mol. The van der Waals surface area contributed by atoms with E-state index >= 15 is 0 Å². The summed E-state index contributed by atoms with van der Waals surface area (Å²) in [6, 6.07) is 0.269. The molecule has 8 heteroatoms. The standard InChI is InChI=1S/C17H27Cl2N5O/c1-16(2)8-11(9-17(3,4)23-16)24(10-12-6-5-7-25-12)15-21-13(18)20-14(19)22-15/h11-12,23H,5-10H2,1-4H3. The molecular formula is C17H27Cl2N5O. The molecule has 2 aliphatic heterocycles. The fourth-order valence-electron chi connectivity index (χ4n) is 4.34. The van der Waals surface area contributed by atoms with Crippen LogP contribution in [0, 0.1) is 0 Å². The van der Waals surface area contributed by atoms with Gasteiger partial charge in [-0.05, 0) is 76.6 Å². The van der Waals surface area contributed by atoms with E-state index in [9.17, 15) is 0 Å². The van der Waals surface area contributed by atoms with Crippen molar-refractivity contribution in [2.24, 2.45) is 0 Å². The molecule has 1 unspecified atom stereocenters. The summed E-state index contributed by atoms with van der Waals surface area (Å²) in [4.78, 5) is 14.8. The molecule has 0 bridgehead atoms. The molecule has 1 aromatic heterocycles. The average molecular weight is 388 g/mol. The SMILES string of the molecule is CC1(C)CC(N(CC2CCCO2)c2nc(Cl)nc(Cl)n2)CC(C)(C)N1.